The Balaban J connectivity index is 2.40. The Kier molecular flexibility index (Phi) is 3.01. The van der Waals surface area contributed by atoms with Crippen LogP contribution in [0.5, 0.6) is 0 Å². The van der Waals surface area contributed by atoms with Gasteiger partial charge in [0.1, 0.15) is 0 Å². The van der Waals surface area contributed by atoms with Gasteiger partial charge in [-0.2, -0.15) is 0 Å². The fourth-order valence-electron chi connectivity index (χ4n) is 1.94. The van der Waals surface area contributed by atoms with Gasteiger partial charge < -0.3 is 9.52 Å². The Bertz CT molecular complexity index is 707. The summed E-state index contributed by atoms with van der Waals surface area (Å²) >= 11 is 0. The van der Waals surface area contributed by atoms with Crippen molar-refractivity contribution in [2.24, 2.45) is 5.41 Å². The number of carboxylic acids is 1. The summed E-state index contributed by atoms with van der Waals surface area (Å²) < 4.78 is 4.84. The topological polar surface area (TPSA) is 100 Å². The quantitative estimate of drug-likeness (QED) is 0.819. The number of aromatic amines is 1. The van der Waals surface area contributed by atoms with E-state index in [0.717, 1.165) is 0 Å². The maximum absolute atomic E-state index is 12.3. The van der Waals surface area contributed by atoms with Crippen molar-refractivity contribution in [2.45, 2.75) is 20.3 Å². The van der Waals surface area contributed by atoms with Crippen LogP contribution in [0.2, 0.25) is 0 Å². The first-order chi connectivity index (χ1) is 8.79. The lowest BCUT2D eigenvalue weighted by Crippen LogP contribution is -2.27. The SMILES string of the molecule is CC(C)(CC(=O)O)C(=O)c1ccc2oc(=O)[nH]c2c1. The van der Waals surface area contributed by atoms with E-state index in [9.17, 15) is 14.4 Å². The average molecular weight is 263 g/mol. The number of rotatable bonds is 4. The lowest BCUT2D eigenvalue weighted by atomic mass is 9.81. The Morgan fingerprint density at radius 1 is 1.37 bits per heavy atom. The van der Waals surface area contributed by atoms with Crippen LogP contribution in [0.15, 0.2) is 27.4 Å². The zero-order valence-corrected chi connectivity index (χ0v) is 10.5. The number of oxazole rings is 1. The Labute approximate surface area is 108 Å². The van der Waals surface area contributed by atoms with E-state index in [4.69, 9.17) is 9.52 Å². The van der Waals surface area contributed by atoms with Crippen molar-refractivity contribution in [3.8, 4) is 0 Å². The molecule has 2 N–H and O–H groups in total. The van der Waals surface area contributed by atoms with E-state index in [-0.39, 0.29) is 12.2 Å². The van der Waals surface area contributed by atoms with E-state index in [2.05, 4.69) is 4.98 Å². The zero-order chi connectivity index (χ0) is 14.2. The molecule has 1 heterocycles. The molecule has 0 aliphatic carbocycles. The Morgan fingerprint density at radius 2 is 2.05 bits per heavy atom. The summed E-state index contributed by atoms with van der Waals surface area (Å²) in [4.78, 5) is 36.5. The molecule has 0 saturated carbocycles. The molecule has 2 rings (SSSR count). The van der Waals surface area contributed by atoms with E-state index >= 15 is 0 Å². The fourth-order valence-corrected chi connectivity index (χ4v) is 1.94. The summed E-state index contributed by atoms with van der Waals surface area (Å²) in [6, 6.07) is 4.52. The summed E-state index contributed by atoms with van der Waals surface area (Å²) in [6.07, 6.45) is -0.258. The van der Waals surface area contributed by atoms with Crippen molar-refractivity contribution in [3.05, 3.63) is 34.3 Å². The highest BCUT2D eigenvalue weighted by Crippen LogP contribution is 2.27. The van der Waals surface area contributed by atoms with Gasteiger partial charge in [-0.05, 0) is 18.2 Å². The second-order valence-electron chi connectivity index (χ2n) is 5.01. The van der Waals surface area contributed by atoms with Crippen LogP contribution in [0, 0.1) is 5.41 Å². The van der Waals surface area contributed by atoms with Crippen LogP contribution in [0.1, 0.15) is 30.6 Å². The van der Waals surface area contributed by atoms with Crippen LogP contribution in [0.3, 0.4) is 0 Å². The number of carbonyl (C=O) groups excluding carboxylic acids is 1. The largest absolute Gasteiger partial charge is 0.481 e. The van der Waals surface area contributed by atoms with Gasteiger partial charge in [-0.1, -0.05) is 13.8 Å². The van der Waals surface area contributed by atoms with Crippen molar-refractivity contribution in [3.63, 3.8) is 0 Å². The van der Waals surface area contributed by atoms with Crippen LogP contribution in [-0.2, 0) is 4.79 Å². The Morgan fingerprint density at radius 3 is 2.68 bits per heavy atom. The van der Waals surface area contributed by atoms with Crippen LogP contribution >= 0.6 is 0 Å². The second kappa shape index (κ2) is 4.38. The third kappa shape index (κ3) is 2.57. The minimum Gasteiger partial charge on any atom is -0.481 e. The lowest BCUT2D eigenvalue weighted by molar-refractivity contribution is -0.138. The van der Waals surface area contributed by atoms with Gasteiger partial charge in [-0.15, -0.1) is 0 Å². The van der Waals surface area contributed by atoms with E-state index in [0.29, 0.717) is 16.7 Å². The van der Waals surface area contributed by atoms with Crippen molar-refractivity contribution in [1.82, 2.24) is 4.98 Å². The standard InChI is InChI=1S/C13H13NO5/c1-13(2,6-10(15)16)11(17)7-3-4-9-8(5-7)14-12(18)19-9/h3-5H,6H2,1-2H3,(H,14,18)(H,15,16). The van der Waals surface area contributed by atoms with Crippen molar-refractivity contribution < 1.29 is 19.1 Å². The van der Waals surface area contributed by atoms with Gasteiger partial charge in [0.25, 0.3) is 0 Å². The maximum Gasteiger partial charge on any atom is 0.417 e. The first-order valence-corrected chi connectivity index (χ1v) is 5.69. The molecular formula is C13H13NO5. The predicted octanol–water partition coefficient (Wildman–Crippen LogP) is 1.80. The van der Waals surface area contributed by atoms with Gasteiger partial charge in [-0.3, -0.25) is 14.6 Å². The first-order valence-electron chi connectivity index (χ1n) is 5.69. The van der Waals surface area contributed by atoms with Crippen molar-refractivity contribution in [1.29, 1.82) is 0 Å². The number of nitrogens with one attached hydrogen (secondary N) is 1. The molecule has 0 spiro atoms. The molecule has 0 atom stereocenters. The van der Waals surface area contributed by atoms with E-state index < -0.39 is 17.1 Å². The second-order valence-corrected chi connectivity index (χ2v) is 5.01. The minimum absolute atomic E-state index is 0.258. The number of ketones is 1. The third-order valence-electron chi connectivity index (χ3n) is 2.89. The van der Waals surface area contributed by atoms with Crippen LogP contribution < -0.4 is 5.76 Å². The van der Waals surface area contributed by atoms with E-state index in [1.807, 2.05) is 0 Å². The number of Topliss-reactive ketones (excluding diaryl/α,β-unsaturated/α-hetero) is 1. The Hall–Kier alpha value is -2.37. The molecule has 2 aromatic rings. The molecule has 1 aromatic heterocycles. The highest BCUT2D eigenvalue weighted by atomic mass is 16.4. The maximum atomic E-state index is 12.3. The molecule has 0 unspecified atom stereocenters. The van der Waals surface area contributed by atoms with Gasteiger partial charge in [0.15, 0.2) is 11.4 Å². The fraction of sp³-hybridized carbons (Fsp3) is 0.308. The lowest BCUT2D eigenvalue weighted by Gasteiger charge is -2.20. The van der Waals surface area contributed by atoms with E-state index in [1.54, 1.807) is 13.8 Å². The number of carbonyl (C=O) groups is 2. The van der Waals surface area contributed by atoms with Crippen LogP contribution in [0.25, 0.3) is 11.1 Å². The molecule has 0 amide bonds. The molecular weight excluding hydrogens is 250 g/mol. The highest BCUT2D eigenvalue weighted by Gasteiger charge is 2.31. The molecule has 6 heteroatoms. The predicted molar refractivity (Wildman–Crippen MR) is 67.2 cm³/mol. The van der Waals surface area contributed by atoms with Gasteiger partial charge >= 0.3 is 11.7 Å². The summed E-state index contributed by atoms with van der Waals surface area (Å²) in [5.74, 6) is -1.92. The van der Waals surface area contributed by atoms with Crippen LogP contribution in [-0.4, -0.2) is 21.8 Å². The first kappa shape index (κ1) is 13.1. The molecule has 100 valence electrons. The smallest absolute Gasteiger partial charge is 0.417 e. The average Bonchev–Trinajstić information content (AvgIpc) is 2.65. The molecule has 1 aromatic carbocycles. The zero-order valence-electron chi connectivity index (χ0n) is 10.5. The molecule has 0 fully saturated rings. The van der Waals surface area contributed by atoms with Gasteiger partial charge in [0.2, 0.25) is 0 Å². The summed E-state index contributed by atoms with van der Waals surface area (Å²) in [5, 5.41) is 8.81. The molecule has 0 bridgehead atoms. The number of aromatic nitrogens is 1. The van der Waals surface area contributed by atoms with Gasteiger partial charge in [0.05, 0.1) is 11.9 Å². The van der Waals surface area contributed by atoms with Crippen LogP contribution in [0.4, 0.5) is 0 Å². The van der Waals surface area contributed by atoms with Crippen molar-refractivity contribution >= 4 is 22.9 Å². The molecule has 0 aliphatic heterocycles. The molecule has 19 heavy (non-hydrogen) atoms. The van der Waals surface area contributed by atoms with Crippen molar-refractivity contribution in [2.75, 3.05) is 0 Å². The number of fused-ring (bicyclic) bond motifs is 1. The molecule has 6 nitrogen and oxygen atoms in total. The summed E-state index contributed by atoms with van der Waals surface area (Å²) in [7, 11) is 0. The minimum atomic E-state index is -1.03. The summed E-state index contributed by atoms with van der Waals surface area (Å²) in [5.41, 5.74) is 0.110. The molecule has 0 aliphatic rings. The number of hydrogen-bond acceptors (Lipinski definition) is 4. The van der Waals surface area contributed by atoms with Gasteiger partial charge in [-0.25, -0.2) is 4.79 Å². The highest BCUT2D eigenvalue weighted by molar-refractivity contribution is 6.03. The van der Waals surface area contributed by atoms with E-state index in [1.165, 1.54) is 18.2 Å². The van der Waals surface area contributed by atoms with Gasteiger partial charge in [0, 0.05) is 11.0 Å². The number of hydrogen-bond donors (Lipinski definition) is 2. The third-order valence-corrected chi connectivity index (χ3v) is 2.89. The number of benzene rings is 1. The molecule has 0 radical (unpaired) electrons. The summed E-state index contributed by atoms with van der Waals surface area (Å²) in [6.45, 7) is 3.15. The monoisotopic (exact) mass is 263 g/mol. The normalized spacial score (nSPS) is 11.7. The number of carboxylic acid groups (broad SMARTS) is 1. The number of H-pyrrole nitrogens is 1. The molecule has 0 saturated heterocycles. The number of aliphatic carboxylic acids is 1.